The summed E-state index contributed by atoms with van der Waals surface area (Å²) in [6, 6.07) is 16.2. The molecular formula is C17H20O2S. The van der Waals surface area contributed by atoms with Crippen LogP contribution in [-0.4, -0.2) is 17.5 Å². The molecule has 0 aliphatic heterocycles. The molecule has 0 unspecified atom stereocenters. The molecule has 0 saturated heterocycles. The van der Waals surface area contributed by atoms with Gasteiger partial charge in [0.1, 0.15) is 5.75 Å². The molecule has 0 heterocycles. The zero-order chi connectivity index (χ0) is 14.4. The van der Waals surface area contributed by atoms with E-state index in [0.717, 1.165) is 22.6 Å². The van der Waals surface area contributed by atoms with Gasteiger partial charge < -0.3 is 9.84 Å². The van der Waals surface area contributed by atoms with E-state index < -0.39 is 6.10 Å². The minimum atomic E-state index is -0.508. The molecule has 2 nitrogen and oxygen atoms in total. The SMILES string of the molecule is Cc1ccc(OCCSc2ccccc2)c([C@@H](C)O)c1. The van der Waals surface area contributed by atoms with Gasteiger partial charge in [-0.3, -0.25) is 0 Å². The average molecular weight is 288 g/mol. The van der Waals surface area contributed by atoms with E-state index in [1.165, 1.54) is 4.90 Å². The van der Waals surface area contributed by atoms with Crippen molar-refractivity contribution in [2.75, 3.05) is 12.4 Å². The molecule has 0 aliphatic carbocycles. The second kappa shape index (κ2) is 7.36. The minimum absolute atomic E-state index is 0.508. The lowest BCUT2D eigenvalue weighted by Crippen LogP contribution is -2.04. The van der Waals surface area contributed by atoms with Gasteiger partial charge >= 0.3 is 0 Å². The van der Waals surface area contributed by atoms with Crippen molar-refractivity contribution in [3.8, 4) is 5.75 Å². The number of hydrogen-bond donors (Lipinski definition) is 1. The number of aliphatic hydroxyl groups excluding tert-OH is 1. The van der Waals surface area contributed by atoms with Crippen LogP contribution >= 0.6 is 11.8 Å². The van der Waals surface area contributed by atoms with Crippen LogP contribution in [0.1, 0.15) is 24.2 Å². The molecule has 2 aromatic carbocycles. The average Bonchev–Trinajstić information content (AvgIpc) is 2.45. The quantitative estimate of drug-likeness (QED) is 0.637. The first-order chi connectivity index (χ1) is 9.66. The maximum Gasteiger partial charge on any atom is 0.125 e. The molecule has 0 amide bonds. The van der Waals surface area contributed by atoms with Gasteiger partial charge in [0.05, 0.1) is 12.7 Å². The van der Waals surface area contributed by atoms with Gasteiger partial charge in [0.15, 0.2) is 0 Å². The molecule has 0 fully saturated rings. The summed E-state index contributed by atoms with van der Waals surface area (Å²) in [5.41, 5.74) is 1.99. The molecule has 0 aliphatic rings. The third kappa shape index (κ3) is 4.29. The summed E-state index contributed by atoms with van der Waals surface area (Å²) in [6.45, 7) is 4.41. The van der Waals surface area contributed by atoms with E-state index in [9.17, 15) is 5.11 Å². The first-order valence-electron chi connectivity index (χ1n) is 6.76. The van der Waals surface area contributed by atoms with Crippen molar-refractivity contribution in [2.24, 2.45) is 0 Å². The van der Waals surface area contributed by atoms with Crippen LogP contribution in [0.2, 0.25) is 0 Å². The fourth-order valence-electron chi connectivity index (χ4n) is 1.95. The number of ether oxygens (including phenoxy) is 1. The largest absolute Gasteiger partial charge is 0.492 e. The maximum absolute atomic E-state index is 9.78. The van der Waals surface area contributed by atoms with E-state index in [-0.39, 0.29) is 0 Å². The van der Waals surface area contributed by atoms with Crippen LogP contribution in [0.4, 0.5) is 0 Å². The van der Waals surface area contributed by atoms with E-state index in [1.807, 2.05) is 43.3 Å². The van der Waals surface area contributed by atoms with E-state index in [0.29, 0.717) is 6.61 Å². The first-order valence-corrected chi connectivity index (χ1v) is 7.74. The smallest absolute Gasteiger partial charge is 0.125 e. The molecule has 3 heteroatoms. The van der Waals surface area contributed by atoms with Gasteiger partial charge in [-0.05, 0) is 38.1 Å². The second-order valence-corrected chi connectivity index (χ2v) is 5.90. The van der Waals surface area contributed by atoms with E-state index in [4.69, 9.17) is 4.74 Å². The summed E-state index contributed by atoms with van der Waals surface area (Å²) in [5.74, 6) is 1.66. The Kier molecular flexibility index (Phi) is 5.50. The number of aliphatic hydroxyl groups is 1. The van der Waals surface area contributed by atoms with E-state index in [1.54, 1.807) is 18.7 Å². The number of benzene rings is 2. The van der Waals surface area contributed by atoms with Crippen LogP contribution < -0.4 is 4.74 Å². The van der Waals surface area contributed by atoms with E-state index in [2.05, 4.69) is 12.1 Å². The molecule has 1 atom stereocenters. The van der Waals surface area contributed by atoms with Crippen LogP contribution in [0.25, 0.3) is 0 Å². The topological polar surface area (TPSA) is 29.5 Å². The third-order valence-corrected chi connectivity index (χ3v) is 3.94. The minimum Gasteiger partial charge on any atom is -0.492 e. The summed E-state index contributed by atoms with van der Waals surface area (Å²) >= 11 is 1.77. The normalized spacial score (nSPS) is 12.2. The van der Waals surface area contributed by atoms with Crippen molar-refractivity contribution < 1.29 is 9.84 Å². The Morgan fingerprint density at radius 1 is 1.15 bits per heavy atom. The van der Waals surface area contributed by atoms with Gasteiger partial charge in [0.25, 0.3) is 0 Å². The van der Waals surface area contributed by atoms with Crippen LogP contribution in [0.15, 0.2) is 53.4 Å². The number of aryl methyl sites for hydroxylation is 1. The van der Waals surface area contributed by atoms with Gasteiger partial charge in [0.2, 0.25) is 0 Å². The summed E-state index contributed by atoms with van der Waals surface area (Å²) in [7, 11) is 0. The lowest BCUT2D eigenvalue weighted by molar-refractivity contribution is 0.192. The Hall–Kier alpha value is -1.45. The van der Waals surface area contributed by atoms with E-state index >= 15 is 0 Å². The molecule has 0 radical (unpaired) electrons. The molecule has 2 rings (SSSR count). The van der Waals surface area contributed by atoms with Crippen molar-refractivity contribution >= 4 is 11.8 Å². The van der Waals surface area contributed by atoms with Crippen molar-refractivity contribution in [3.63, 3.8) is 0 Å². The highest BCUT2D eigenvalue weighted by atomic mass is 32.2. The number of rotatable bonds is 6. The summed E-state index contributed by atoms with van der Waals surface area (Å²) in [5, 5.41) is 9.78. The molecule has 106 valence electrons. The summed E-state index contributed by atoms with van der Waals surface area (Å²) < 4.78 is 5.79. The Morgan fingerprint density at radius 3 is 2.60 bits per heavy atom. The lowest BCUT2D eigenvalue weighted by Gasteiger charge is -2.14. The van der Waals surface area contributed by atoms with Gasteiger partial charge in [0, 0.05) is 16.2 Å². The molecule has 0 spiro atoms. The van der Waals surface area contributed by atoms with Gasteiger partial charge in [-0.15, -0.1) is 11.8 Å². The molecular weight excluding hydrogens is 268 g/mol. The fraction of sp³-hybridized carbons (Fsp3) is 0.294. The van der Waals surface area contributed by atoms with Crippen LogP contribution in [0, 0.1) is 6.92 Å². The van der Waals surface area contributed by atoms with Crippen LogP contribution in [-0.2, 0) is 0 Å². The van der Waals surface area contributed by atoms with Gasteiger partial charge in [-0.1, -0.05) is 29.8 Å². The van der Waals surface area contributed by atoms with Crippen molar-refractivity contribution in [1.82, 2.24) is 0 Å². The zero-order valence-corrected chi connectivity index (χ0v) is 12.7. The van der Waals surface area contributed by atoms with Crippen molar-refractivity contribution in [1.29, 1.82) is 0 Å². The standard InChI is InChI=1S/C17H20O2S/c1-13-8-9-17(16(12-13)14(2)18)19-10-11-20-15-6-4-3-5-7-15/h3-9,12,14,18H,10-11H2,1-2H3/t14-/m1/s1. The third-order valence-electron chi connectivity index (χ3n) is 2.97. The zero-order valence-electron chi connectivity index (χ0n) is 11.9. The van der Waals surface area contributed by atoms with Crippen LogP contribution in [0.3, 0.4) is 0 Å². The highest BCUT2D eigenvalue weighted by Crippen LogP contribution is 2.26. The van der Waals surface area contributed by atoms with Crippen LogP contribution in [0.5, 0.6) is 5.75 Å². The number of thioether (sulfide) groups is 1. The highest BCUT2D eigenvalue weighted by Gasteiger charge is 2.09. The summed E-state index contributed by atoms with van der Waals surface area (Å²) in [4.78, 5) is 1.25. The Labute approximate surface area is 124 Å². The predicted molar refractivity (Wildman–Crippen MR) is 84.5 cm³/mol. The Morgan fingerprint density at radius 2 is 1.90 bits per heavy atom. The molecule has 1 N–H and O–H groups in total. The Balaban J connectivity index is 1.88. The first kappa shape index (κ1) is 14.9. The fourth-order valence-corrected chi connectivity index (χ4v) is 2.71. The maximum atomic E-state index is 9.78. The highest BCUT2D eigenvalue weighted by molar-refractivity contribution is 7.99. The number of hydrogen-bond acceptors (Lipinski definition) is 3. The van der Waals surface area contributed by atoms with Crippen molar-refractivity contribution in [2.45, 2.75) is 24.8 Å². The van der Waals surface area contributed by atoms with Gasteiger partial charge in [-0.25, -0.2) is 0 Å². The molecule has 0 aromatic heterocycles. The lowest BCUT2D eigenvalue weighted by atomic mass is 10.1. The monoisotopic (exact) mass is 288 g/mol. The molecule has 2 aromatic rings. The Bertz CT molecular complexity index is 538. The molecule has 0 saturated carbocycles. The van der Waals surface area contributed by atoms with Crippen molar-refractivity contribution in [3.05, 3.63) is 59.7 Å². The van der Waals surface area contributed by atoms with Gasteiger partial charge in [-0.2, -0.15) is 0 Å². The second-order valence-electron chi connectivity index (χ2n) is 4.73. The molecule has 20 heavy (non-hydrogen) atoms. The predicted octanol–water partition coefficient (Wildman–Crippen LogP) is 4.22. The summed E-state index contributed by atoms with van der Waals surface area (Å²) in [6.07, 6.45) is -0.508. The molecule has 0 bridgehead atoms.